The maximum Gasteiger partial charge on any atom is 0.0546 e. The van der Waals surface area contributed by atoms with E-state index in [4.69, 9.17) is 0 Å². The summed E-state index contributed by atoms with van der Waals surface area (Å²) in [6, 6.07) is 85.7. The molecule has 0 N–H and O–H groups in total. The highest BCUT2D eigenvalue weighted by atomic mass is 15.1. The van der Waals surface area contributed by atoms with Crippen molar-refractivity contribution in [3.05, 3.63) is 237 Å². The largest absolute Gasteiger partial charge is 0.310 e. The third-order valence-corrected chi connectivity index (χ3v) is 11.1. The smallest absolute Gasteiger partial charge is 0.0546 e. The summed E-state index contributed by atoms with van der Waals surface area (Å²) in [4.78, 5) is 2.46. The molecule has 0 amide bonds. The van der Waals surface area contributed by atoms with Crippen molar-refractivity contribution in [1.29, 1.82) is 0 Å². The summed E-state index contributed by atoms with van der Waals surface area (Å²) < 4.78 is 0. The molecule has 0 atom stereocenters. The van der Waals surface area contributed by atoms with Gasteiger partial charge in [0.05, 0.1) is 5.69 Å². The molecule has 10 aromatic carbocycles. The van der Waals surface area contributed by atoms with Crippen molar-refractivity contribution >= 4 is 38.6 Å². The van der Waals surface area contributed by atoms with E-state index in [1.165, 1.54) is 77.2 Å². The minimum absolute atomic E-state index is 1.09. The van der Waals surface area contributed by atoms with Crippen molar-refractivity contribution in [2.24, 2.45) is 0 Å². The Hall–Kier alpha value is -7.48. The fourth-order valence-electron chi connectivity index (χ4n) is 8.47. The van der Waals surface area contributed by atoms with Gasteiger partial charge in [0, 0.05) is 16.8 Å². The zero-order valence-electron chi connectivity index (χ0n) is 31.5. The fourth-order valence-corrected chi connectivity index (χ4v) is 8.47. The highest BCUT2D eigenvalue weighted by Gasteiger charge is 2.23. The van der Waals surface area contributed by atoms with Gasteiger partial charge in [0.15, 0.2) is 0 Å². The number of hydrogen-bond donors (Lipinski definition) is 0. The molecule has 0 saturated heterocycles. The van der Waals surface area contributed by atoms with Crippen LogP contribution in [0.4, 0.5) is 17.1 Å². The lowest BCUT2D eigenvalue weighted by Crippen LogP contribution is -2.11. The van der Waals surface area contributed by atoms with E-state index in [-0.39, 0.29) is 0 Å². The highest BCUT2D eigenvalue weighted by Crippen LogP contribution is 2.50. The van der Waals surface area contributed by atoms with Crippen molar-refractivity contribution < 1.29 is 0 Å². The van der Waals surface area contributed by atoms with E-state index >= 15 is 0 Å². The van der Waals surface area contributed by atoms with Gasteiger partial charge in [-0.2, -0.15) is 0 Å². The molecular formula is C56H39N. The Labute approximate surface area is 334 Å². The van der Waals surface area contributed by atoms with Gasteiger partial charge in [-0.05, 0) is 102 Å². The molecule has 0 aliphatic rings. The lowest BCUT2D eigenvalue weighted by Gasteiger charge is -2.30. The normalized spacial score (nSPS) is 11.2. The SMILES string of the molecule is c1ccc(-c2ccc(N(c3ccc(-c4ccccc4)c(-c4ccccc4)c3)c3cccc4c(-c5ccccc5)c(-c5ccccc5)c5ccccc5c34)cc2)cc1. The van der Waals surface area contributed by atoms with Crippen molar-refractivity contribution in [2.75, 3.05) is 4.90 Å². The van der Waals surface area contributed by atoms with Crippen molar-refractivity contribution in [3.8, 4) is 55.6 Å². The van der Waals surface area contributed by atoms with Crippen LogP contribution in [0.2, 0.25) is 0 Å². The Morgan fingerprint density at radius 1 is 0.246 bits per heavy atom. The van der Waals surface area contributed by atoms with Gasteiger partial charge in [-0.25, -0.2) is 0 Å². The minimum Gasteiger partial charge on any atom is -0.310 e. The Kier molecular flexibility index (Phi) is 8.95. The summed E-state index contributed by atoms with van der Waals surface area (Å²) in [5.41, 5.74) is 15.3. The van der Waals surface area contributed by atoms with Crippen LogP contribution in [0.25, 0.3) is 77.2 Å². The molecule has 0 aromatic heterocycles. The molecule has 0 aliphatic carbocycles. The molecule has 0 spiro atoms. The summed E-state index contributed by atoms with van der Waals surface area (Å²) in [5, 5.41) is 4.88. The molecule has 1 heteroatoms. The molecule has 0 radical (unpaired) electrons. The summed E-state index contributed by atoms with van der Waals surface area (Å²) in [6.45, 7) is 0. The van der Waals surface area contributed by atoms with Gasteiger partial charge in [0.1, 0.15) is 0 Å². The number of rotatable bonds is 8. The Balaban J connectivity index is 1.29. The van der Waals surface area contributed by atoms with Crippen LogP contribution in [0.15, 0.2) is 237 Å². The number of anilines is 3. The number of benzene rings is 10. The van der Waals surface area contributed by atoms with Gasteiger partial charge in [-0.1, -0.05) is 206 Å². The lowest BCUT2D eigenvalue weighted by atomic mass is 9.84. The molecule has 0 fully saturated rings. The maximum atomic E-state index is 2.46. The fraction of sp³-hybridized carbons (Fsp3) is 0. The van der Waals surface area contributed by atoms with Crippen LogP contribution >= 0.6 is 0 Å². The van der Waals surface area contributed by atoms with E-state index in [1.807, 2.05) is 0 Å². The molecule has 57 heavy (non-hydrogen) atoms. The van der Waals surface area contributed by atoms with E-state index in [0.717, 1.165) is 17.1 Å². The third-order valence-electron chi connectivity index (χ3n) is 11.1. The summed E-state index contributed by atoms with van der Waals surface area (Å²) in [5.74, 6) is 0. The first-order valence-corrected chi connectivity index (χ1v) is 19.6. The number of nitrogens with zero attached hydrogens (tertiary/aromatic N) is 1. The van der Waals surface area contributed by atoms with Crippen molar-refractivity contribution in [3.63, 3.8) is 0 Å². The van der Waals surface area contributed by atoms with Gasteiger partial charge in [-0.3, -0.25) is 0 Å². The molecular weight excluding hydrogens is 687 g/mol. The van der Waals surface area contributed by atoms with Gasteiger partial charge >= 0.3 is 0 Å². The van der Waals surface area contributed by atoms with Crippen molar-refractivity contribution in [1.82, 2.24) is 0 Å². The van der Waals surface area contributed by atoms with Crippen molar-refractivity contribution in [2.45, 2.75) is 0 Å². The molecule has 0 heterocycles. The zero-order valence-corrected chi connectivity index (χ0v) is 31.5. The lowest BCUT2D eigenvalue weighted by molar-refractivity contribution is 1.30. The predicted octanol–water partition coefficient (Wildman–Crippen LogP) is 15.8. The van der Waals surface area contributed by atoms with Gasteiger partial charge in [0.25, 0.3) is 0 Å². The van der Waals surface area contributed by atoms with Crippen LogP contribution in [0.5, 0.6) is 0 Å². The second kappa shape index (κ2) is 15.0. The number of hydrogen-bond acceptors (Lipinski definition) is 1. The van der Waals surface area contributed by atoms with E-state index < -0.39 is 0 Å². The maximum absolute atomic E-state index is 2.46. The quantitative estimate of drug-likeness (QED) is 0.141. The number of fused-ring (bicyclic) bond motifs is 3. The minimum atomic E-state index is 1.09. The van der Waals surface area contributed by atoms with Gasteiger partial charge < -0.3 is 4.90 Å². The molecule has 1 nitrogen and oxygen atoms in total. The van der Waals surface area contributed by atoms with E-state index in [2.05, 4.69) is 241 Å². The molecule has 10 aromatic rings. The summed E-state index contributed by atoms with van der Waals surface area (Å²) in [7, 11) is 0. The Morgan fingerprint density at radius 2 is 0.667 bits per heavy atom. The monoisotopic (exact) mass is 725 g/mol. The Morgan fingerprint density at radius 3 is 1.25 bits per heavy atom. The second-order valence-electron chi connectivity index (χ2n) is 14.4. The van der Waals surface area contributed by atoms with Crippen LogP contribution in [0.1, 0.15) is 0 Å². The van der Waals surface area contributed by atoms with Crippen LogP contribution in [0, 0.1) is 0 Å². The van der Waals surface area contributed by atoms with E-state index in [9.17, 15) is 0 Å². The standard InChI is InChI=1S/C56H39N/c1-6-19-40(20-7-1)41-33-35-46(36-34-41)57(47-37-38-48(42-21-8-2-9-22-42)52(39-47)43-23-10-3-11-24-43)53-32-18-31-51-55(45-27-14-5-15-28-45)54(44-25-12-4-13-26-44)49-29-16-17-30-50(49)56(51)53/h1-39H. The molecule has 0 saturated carbocycles. The van der Waals surface area contributed by atoms with E-state index in [0.29, 0.717) is 0 Å². The zero-order chi connectivity index (χ0) is 38.0. The van der Waals surface area contributed by atoms with Crippen LogP contribution < -0.4 is 4.90 Å². The Bertz CT molecular complexity index is 2960. The summed E-state index contributed by atoms with van der Waals surface area (Å²) >= 11 is 0. The molecule has 0 aliphatic heterocycles. The molecule has 0 unspecified atom stereocenters. The second-order valence-corrected chi connectivity index (χ2v) is 14.4. The first-order valence-electron chi connectivity index (χ1n) is 19.6. The highest BCUT2D eigenvalue weighted by molar-refractivity contribution is 6.25. The topological polar surface area (TPSA) is 3.24 Å². The van der Waals surface area contributed by atoms with Crippen LogP contribution in [0.3, 0.4) is 0 Å². The van der Waals surface area contributed by atoms with E-state index in [1.54, 1.807) is 0 Å². The third kappa shape index (κ3) is 6.36. The van der Waals surface area contributed by atoms with Gasteiger partial charge in [0.2, 0.25) is 0 Å². The average Bonchev–Trinajstić information content (AvgIpc) is 3.30. The first-order chi connectivity index (χ1) is 28.3. The average molecular weight is 726 g/mol. The van der Waals surface area contributed by atoms with Crippen LogP contribution in [-0.2, 0) is 0 Å². The molecule has 0 bridgehead atoms. The summed E-state index contributed by atoms with van der Waals surface area (Å²) in [6.07, 6.45) is 0. The molecule has 10 rings (SSSR count). The molecule has 268 valence electrons. The van der Waals surface area contributed by atoms with Crippen LogP contribution in [-0.4, -0.2) is 0 Å². The van der Waals surface area contributed by atoms with Gasteiger partial charge in [-0.15, -0.1) is 0 Å². The predicted molar refractivity (Wildman–Crippen MR) is 243 cm³/mol. The first kappa shape index (κ1) is 34.0.